The summed E-state index contributed by atoms with van der Waals surface area (Å²) in [6.07, 6.45) is 0. The number of hydrogen-bond acceptors (Lipinski definition) is 5. The van der Waals surface area contributed by atoms with Gasteiger partial charge in [0.25, 0.3) is 0 Å². The molecule has 1 N–H and O–H groups in total. The Morgan fingerprint density at radius 3 is 2.50 bits per heavy atom. The molecule has 0 aliphatic heterocycles. The Balaban J connectivity index is 1.67. The van der Waals surface area contributed by atoms with Crippen molar-refractivity contribution >= 4 is 22.9 Å². The fourth-order valence-corrected chi connectivity index (χ4v) is 3.56. The second-order valence-electron chi connectivity index (χ2n) is 5.87. The number of thiazole rings is 1. The van der Waals surface area contributed by atoms with E-state index in [2.05, 4.69) is 17.6 Å². The molecule has 0 amide bonds. The number of nitrogens with zero attached hydrogens (tertiary/aromatic N) is 1. The Morgan fingerprint density at radius 2 is 1.81 bits per heavy atom. The Kier molecular flexibility index (Phi) is 6.14. The first kappa shape index (κ1) is 18.7. The molecule has 0 fully saturated rings. The molecule has 6 heteroatoms. The van der Waals surface area contributed by atoms with E-state index in [0.29, 0.717) is 18.0 Å². The zero-order chi connectivity index (χ0) is 18.5. The minimum absolute atomic E-state index is 0.221. The Bertz CT molecular complexity index is 865. The van der Waals surface area contributed by atoms with Crippen molar-refractivity contribution < 1.29 is 9.47 Å². The first-order valence-corrected chi connectivity index (χ1v) is 9.52. The Morgan fingerprint density at radius 1 is 1.08 bits per heavy atom. The van der Waals surface area contributed by atoms with Gasteiger partial charge in [0.2, 0.25) is 0 Å². The van der Waals surface area contributed by atoms with Crippen molar-refractivity contribution in [3.8, 4) is 22.1 Å². The fraction of sp³-hybridized carbons (Fsp3) is 0.250. The molecule has 0 spiro atoms. The fourth-order valence-electron chi connectivity index (χ4n) is 2.62. The average Bonchev–Trinajstić information content (AvgIpc) is 3.15. The van der Waals surface area contributed by atoms with Crippen molar-refractivity contribution in [2.75, 3.05) is 14.2 Å². The van der Waals surface area contributed by atoms with Crippen LogP contribution in [-0.2, 0) is 6.54 Å². The topological polar surface area (TPSA) is 43.4 Å². The van der Waals surface area contributed by atoms with E-state index in [1.54, 1.807) is 25.6 Å². The van der Waals surface area contributed by atoms with Crippen molar-refractivity contribution in [2.45, 2.75) is 19.5 Å². The number of methoxy groups -OCH3 is 2. The van der Waals surface area contributed by atoms with Crippen LogP contribution in [0.5, 0.6) is 11.5 Å². The summed E-state index contributed by atoms with van der Waals surface area (Å²) < 4.78 is 10.7. The summed E-state index contributed by atoms with van der Waals surface area (Å²) in [5.74, 6) is 1.42. The maximum Gasteiger partial charge on any atom is 0.161 e. The first-order chi connectivity index (χ1) is 12.6. The molecule has 0 aliphatic rings. The second-order valence-corrected chi connectivity index (χ2v) is 7.16. The number of ether oxygens (including phenoxy) is 2. The average molecular weight is 389 g/mol. The second kappa shape index (κ2) is 8.54. The van der Waals surface area contributed by atoms with E-state index in [-0.39, 0.29) is 6.04 Å². The molecule has 1 heterocycles. The molecule has 0 saturated heterocycles. The van der Waals surface area contributed by atoms with Crippen molar-refractivity contribution in [1.29, 1.82) is 0 Å². The third-order valence-corrected chi connectivity index (χ3v) is 5.33. The Hall–Kier alpha value is -2.08. The molecule has 2 aromatic carbocycles. The number of rotatable bonds is 7. The van der Waals surface area contributed by atoms with Gasteiger partial charge in [0.15, 0.2) is 11.5 Å². The maximum absolute atomic E-state index is 5.95. The highest BCUT2D eigenvalue weighted by molar-refractivity contribution is 7.13. The number of benzene rings is 2. The molecule has 0 bridgehead atoms. The van der Waals surface area contributed by atoms with Gasteiger partial charge >= 0.3 is 0 Å². The molecule has 136 valence electrons. The lowest BCUT2D eigenvalue weighted by atomic mass is 10.1. The van der Waals surface area contributed by atoms with E-state index >= 15 is 0 Å². The summed E-state index contributed by atoms with van der Waals surface area (Å²) in [5.41, 5.74) is 3.23. The van der Waals surface area contributed by atoms with Gasteiger partial charge in [0, 0.05) is 28.6 Å². The highest BCUT2D eigenvalue weighted by Gasteiger charge is 2.11. The molecular formula is C20H21ClN2O2S. The molecule has 3 aromatic rings. The van der Waals surface area contributed by atoms with Crippen LogP contribution in [0.4, 0.5) is 0 Å². The molecule has 4 nitrogen and oxygen atoms in total. The minimum Gasteiger partial charge on any atom is -0.493 e. The van der Waals surface area contributed by atoms with E-state index in [1.165, 1.54) is 5.56 Å². The predicted octanol–water partition coefficient (Wildman–Crippen LogP) is 5.33. The number of halogens is 1. The van der Waals surface area contributed by atoms with E-state index in [0.717, 1.165) is 21.3 Å². The van der Waals surface area contributed by atoms with Gasteiger partial charge in [-0.15, -0.1) is 11.3 Å². The van der Waals surface area contributed by atoms with Crippen LogP contribution < -0.4 is 14.8 Å². The minimum atomic E-state index is 0.221. The zero-order valence-corrected chi connectivity index (χ0v) is 16.5. The third-order valence-electron chi connectivity index (χ3n) is 4.14. The van der Waals surface area contributed by atoms with Crippen LogP contribution in [0, 0.1) is 0 Å². The maximum atomic E-state index is 5.95. The number of hydrogen-bond donors (Lipinski definition) is 1. The lowest BCUT2D eigenvalue weighted by molar-refractivity contribution is 0.355. The van der Waals surface area contributed by atoms with Crippen molar-refractivity contribution in [1.82, 2.24) is 10.3 Å². The summed E-state index contributed by atoms with van der Waals surface area (Å²) in [7, 11) is 3.27. The highest BCUT2D eigenvalue weighted by atomic mass is 35.5. The summed E-state index contributed by atoms with van der Waals surface area (Å²) in [4.78, 5) is 4.73. The molecule has 0 radical (unpaired) electrons. The molecule has 26 heavy (non-hydrogen) atoms. The van der Waals surface area contributed by atoms with Gasteiger partial charge in [0.05, 0.1) is 19.9 Å². The standard InChI is InChI=1S/C20H21ClN2O2S/c1-13(14-4-7-16(21)8-5-14)22-11-17-12-26-20(23-17)15-6-9-18(24-2)19(10-15)25-3/h4-10,12-13,22H,11H2,1-3H3. The van der Waals surface area contributed by atoms with Gasteiger partial charge in [0.1, 0.15) is 5.01 Å². The predicted molar refractivity (Wildman–Crippen MR) is 107 cm³/mol. The molecule has 0 aliphatic carbocycles. The molecule has 0 saturated carbocycles. The van der Waals surface area contributed by atoms with Gasteiger partial charge in [-0.2, -0.15) is 0 Å². The van der Waals surface area contributed by atoms with Gasteiger partial charge in [-0.1, -0.05) is 23.7 Å². The summed E-state index contributed by atoms with van der Waals surface area (Å²) in [5, 5.41) is 7.28. The summed E-state index contributed by atoms with van der Waals surface area (Å²) in [6, 6.07) is 14.0. The smallest absolute Gasteiger partial charge is 0.161 e. The van der Waals surface area contributed by atoms with Crippen LogP contribution in [0.25, 0.3) is 10.6 Å². The molecule has 1 unspecified atom stereocenters. The van der Waals surface area contributed by atoms with E-state index in [1.807, 2.05) is 42.5 Å². The molecule has 3 rings (SSSR count). The van der Waals surface area contributed by atoms with Crippen LogP contribution in [0.15, 0.2) is 47.8 Å². The lowest BCUT2D eigenvalue weighted by Crippen LogP contribution is -2.18. The monoisotopic (exact) mass is 388 g/mol. The van der Waals surface area contributed by atoms with Crippen LogP contribution >= 0.6 is 22.9 Å². The SMILES string of the molecule is COc1ccc(-c2nc(CNC(C)c3ccc(Cl)cc3)cs2)cc1OC. The molecular weight excluding hydrogens is 368 g/mol. The van der Waals surface area contributed by atoms with Crippen molar-refractivity contribution in [2.24, 2.45) is 0 Å². The highest BCUT2D eigenvalue weighted by Crippen LogP contribution is 2.33. The zero-order valence-electron chi connectivity index (χ0n) is 15.0. The van der Waals surface area contributed by atoms with E-state index < -0.39 is 0 Å². The van der Waals surface area contributed by atoms with Gasteiger partial charge in [-0.3, -0.25) is 0 Å². The number of nitrogens with one attached hydrogen (secondary N) is 1. The van der Waals surface area contributed by atoms with Crippen LogP contribution in [0.2, 0.25) is 5.02 Å². The third kappa shape index (κ3) is 4.36. The normalized spacial score (nSPS) is 12.0. The van der Waals surface area contributed by atoms with Crippen LogP contribution in [0.1, 0.15) is 24.2 Å². The van der Waals surface area contributed by atoms with E-state index in [4.69, 9.17) is 26.1 Å². The van der Waals surface area contributed by atoms with Gasteiger partial charge in [-0.25, -0.2) is 4.98 Å². The van der Waals surface area contributed by atoms with Gasteiger partial charge in [-0.05, 0) is 42.8 Å². The molecule has 1 atom stereocenters. The van der Waals surface area contributed by atoms with Crippen molar-refractivity contribution in [3.05, 3.63) is 64.1 Å². The first-order valence-electron chi connectivity index (χ1n) is 8.26. The van der Waals surface area contributed by atoms with Gasteiger partial charge < -0.3 is 14.8 Å². The summed E-state index contributed by atoms with van der Waals surface area (Å²) >= 11 is 7.56. The quantitative estimate of drug-likeness (QED) is 0.594. The summed E-state index contributed by atoms with van der Waals surface area (Å²) in [6.45, 7) is 2.83. The number of aromatic nitrogens is 1. The Labute approximate surface area is 162 Å². The van der Waals surface area contributed by atoms with E-state index in [9.17, 15) is 0 Å². The van der Waals surface area contributed by atoms with Crippen molar-refractivity contribution in [3.63, 3.8) is 0 Å². The van der Waals surface area contributed by atoms with Crippen LogP contribution in [0.3, 0.4) is 0 Å². The molecule has 1 aromatic heterocycles. The largest absolute Gasteiger partial charge is 0.493 e. The van der Waals surface area contributed by atoms with Crippen LogP contribution in [-0.4, -0.2) is 19.2 Å². The lowest BCUT2D eigenvalue weighted by Gasteiger charge is -2.13.